The Balaban J connectivity index is 1.66. The normalized spacial score (nSPS) is 14.7. The minimum Gasteiger partial charge on any atom is -0.457 e. The summed E-state index contributed by atoms with van der Waals surface area (Å²) in [5.41, 5.74) is 7.35. The van der Waals surface area contributed by atoms with Gasteiger partial charge >= 0.3 is 7.12 Å². The van der Waals surface area contributed by atoms with Gasteiger partial charge in [-0.25, -0.2) is 0 Å². The van der Waals surface area contributed by atoms with Crippen LogP contribution in [0.5, 0.6) is 0 Å². The number of rotatable bonds is 2. The molecule has 0 radical (unpaired) electrons. The Kier molecular flexibility index (Phi) is 3.85. The van der Waals surface area contributed by atoms with Crippen LogP contribution in [-0.2, 0) is 12.8 Å². The van der Waals surface area contributed by atoms with Crippen molar-refractivity contribution in [1.29, 1.82) is 0 Å². The second-order valence-corrected chi connectivity index (χ2v) is 7.88. The van der Waals surface area contributed by atoms with Crippen LogP contribution in [0.1, 0.15) is 16.7 Å². The van der Waals surface area contributed by atoms with E-state index in [0.717, 1.165) is 50.8 Å². The predicted molar refractivity (Wildman–Crippen MR) is 123 cm³/mol. The summed E-state index contributed by atoms with van der Waals surface area (Å²) < 4.78 is 6.07. The molecule has 3 nitrogen and oxygen atoms in total. The highest BCUT2D eigenvalue weighted by atomic mass is 16.4. The second kappa shape index (κ2) is 6.59. The summed E-state index contributed by atoms with van der Waals surface area (Å²) in [4.78, 5) is 0. The topological polar surface area (TPSA) is 53.6 Å². The minimum atomic E-state index is -1.53. The summed E-state index contributed by atoms with van der Waals surface area (Å²) in [5.74, 6) is 0. The number of benzene rings is 3. The van der Waals surface area contributed by atoms with Crippen LogP contribution in [0, 0.1) is 0 Å². The first-order chi connectivity index (χ1) is 14.7. The van der Waals surface area contributed by atoms with Crippen LogP contribution < -0.4 is 16.3 Å². The van der Waals surface area contributed by atoms with E-state index in [9.17, 15) is 10.0 Å². The van der Waals surface area contributed by atoms with Crippen LogP contribution in [0.2, 0.25) is 0 Å². The van der Waals surface area contributed by atoms with E-state index >= 15 is 0 Å². The number of hydrogen-bond donors (Lipinski definition) is 2. The fourth-order valence-corrected chi connectivity index (χ4v) is 4.95. The molecule has 0 bridgehead atoms. The van der Waals surface area contributed by atoms with Gasteiger partial charge in [0.25, 0.3) is 0 Å². The van der Waals surface area contributed by atoms with Crippen LogP contribution in [0.4, 0.5) is 0 Å². The van der Waals surface area contributed by atoms with Gasteiger partial charge in [-0.1, -0.05) is 66.8 Å². The van der Waals surface area contributed by atoms with E-state index in [4.69, 9.17) is 4.42 Å². The largest absolute Gasteiger partial charge is 0.489 e. The highest BCUT2D eigenvalue weighted by Crippen LogP contribution is 2.35. The molecular formula is C26H19BO3. The van der Waals surface area contributed by atoms with Crippen molar-refractivity contribution >= 4 is 51.9 Å². The first kappa shape index (κ1) is 17.5. The third-order valence-corrected chi connectivity index (χ3v) is 6.24. The summed E-state index contributed by atoms with van der Waals surface area (Å²) in [6, 6.07) is 16.0. The molecule has 0 unspecified atom stereocenters. The van der Waals surface area contributed by atoms with E-state index in [0.29, 0.717) is 5.46 Å². The molecule has 2 aliphatic rings. The fraction of sp³-hybridized carbons (Fsp3) is 0.0769. The smallest absolute Gasteiger partial charge is 0.457 e. The maximum atomic E-state index is 10.2. The Morgan fingerprint density at radius 2 is 1.37 bits per heavy atom. The van der Waals surface area contributed by atoms with Crippen molar-refractivity contribution < 1.29 is 14.5 Å². The van der Waals surface area contributed by atoms with Crippen LogP contribution in [-0.4, -0.2) is 17.2 Å². The molecule has 1 aromatic heterocycles. The molecule has 144 valence electrons. The van der Waals surface area contributed by atoms with Crippen molar-refractivity contribution in [3.63, 3.8) is 0 Å². The van der Waals surface area contributed by atoms with Gasteiger partial charge in [0.2, 0.25) is 0 Å². The third-order valence-electron chi connectivity index (χ3n) is 6.24. The highest BCUT2D eigenvalue weighted by molar-refractivity contribution is 6.65. The number of furan rings is 1. The molecule has 0 spiro atoms. The first-order valence-corrected chi connectivity index (χ1v) is 10.2. The zero-order valence-corrected chi connectivity index (χ0v) is 16.3. The van der Waals surface area contributed by atoms with Gasteiger partial charge in [-0.15, -0.1) is 0 Å². The van der Waals surface area contributed by atoms with Gasteiger partial charge in [-0.3, -0.25) is 0 Å². The summed E-state index contributed by atoms with van der Waals surface area (Å²) in [6.45, 7) is 0. The SMILES string of the molecule is OB(O)c1c2ccccc2c(C2=CC=c3oc4c(c3C2)CC=CC=4)c2ccccc12. The molecule has 0 fully saturated rings. The summed E-state index contributed by atoms with van der Waals surface area (Å²) >= 11 is 0. The van der Waals surface area contributed by atoms with E-state index < -0.39 is 7.12 Å². The number of allylic oxidation sites excluding steroid dienone is 4. The lowest BCUT2D eigenvalue weighted by Crippen LogP contribution is -2.31. The fourth-order valence-electron chi connectivity index (χ4n) is 4.95. The molecule has 6 rings (SSSR count). The van der Waals surface area contributed by atoms with Gasteiger partial charge in [0.1, 0.15) is 10.8 Å². The monoisotopic (exact) mass is 390 g/mol. The van der Waals surface area contributed by atoms with E-state index in [2.05, 4.69) is 30.4 Å². The van der Waals surface area contributed by atoms with Crippen LogP contribution >= 0.6 is 0 Å². The maximum absolute atomic E-state index is 10.2. The lowest BCUT2D eigenvalue weighted by Gasteiger charge is -2.19. The van der Waals surface area contributed by atoms with E-state index in [1.54, 1.807) is 0 Å². The quantitative estimate of drug-likeness (QED) is 0.409. The number of hydrogen-bond acceptors (Lipinski definition) is 3. The first-order valence-electron chi connectivity index (χ1n) is 10.2. The average Bonchev–Trinajstić information content (AvgIpc) is 3.15. The minimum absolute atomic E-state index is 0.562. The van der Waals surface area contributed by atoms with E-state index in [1.165, 1.54) is 16.7 Å². The van der Waals surface area contributed by atoms with Crippen molar-refractivity contribution in [3.05, 3.63) is 94.3 Å². The molecule has 2 aliphatic carbocycles. The van der Waals surface area contributed by atoms with Crippen LogP contribution in [0.25, 0.3) is 39.3 Å². The molecule has 2 N–H and O–H groups in total. The Morgan fingerprint density at radius 3 is 2.03 bits per heavy atom. The molecule has 0 amide bonds. The molecule has 4 heteroatoms. The zero-order chi connectivity index (χ0) is 20.2. The van der Waals surface area contributed by atoms with Gasteiger partial charge in [-0.2, -0.15) is 0 Å². The Bertz CT molecular complexity index is 1460. The van der Waals surface area contributed by atoms with Gasteiger partial charge in [0, 0.05) is 17.5 Å². The average molecular weight is 390 g/mol. The van der Waals surface area contributed by atoms with Gasteiger partial charge in [0.05, 0.1) is 0 Å². The zero-order valence-electron chi connectivity index (χ0n) is 16.3. The van der Waals surface area contributed by atoms with Crippen molar-refractivity contribution in [2.75, 3.05) is 0 Å². The molecule has 0 saturated carbocycles. The Hall–Kier alpha value is -3.34. The predicted octanol–water partition coefficient (Wildman–Crippen LogP) is 2.58. The molecule has 0 saturated heterocycles. The summed E-state index contributed by atoms with van der Waals surface area (Å²) in [5, 5.41) is 24.2. The summed E-state index contributed by atoms with van der Waals surface area (Å²) in [7, 11) is -1.53. The Labute approximate surface area is 173 Å². The standard InChI is InChI=1S/C26H19BO3/c28-27(29)26-20-10-3-1-8-18(20)25(19-9-2-4-11-21(19)26)16-13-14-24-22(15-16)17-7-5-6-12-23(17)30-24/h1-6,8-14,28-29H,7,15H2. The molecular weight excluding hydrogens is 371 g/mol. The number of fused-ring (bicyclic) bond motifs is 5. The maximum Gasteiger partial charge on any atom is 0.489 e. The molecule has 0 atom stereocenters. The lowest BCUT2D eigenvalue weighted by molar-refractivity contribution is 0.426. The molecule has 4 aromatic rings. The highest BCUT2D eigenvalue weighted by Gasteiger charge is 2.24. The Morgan fingerprint density at radius 1 is 0.733 bits per heavy atom. The van der Waals surface area contributed by atoms with E-state index in [1.807, 2.05) is 48.6 Å². The van der Waals surface area contributed by atoms with E-state index in [-0.39, 0.29) is 0 Å². The molecule has 0 aliphatic heterocycles. The van der Waals surface area contributed by atoms with Crippen LogP contribution in [0.3, 0.4) is 0 Å². The molecule has 30 heavy (non-hydrogen) atoms. The second-order valence-electron chi connectivity index (χ2n) is 7.88. The summed E-state index contributed by atoms with van der Waals surface area (Å²) in [6.07, 6.45) is 12.1. The molecule has 1 heterocycles. The van der Waals surface area contributed by atoms with Crippen molar-refractivity contribution in [1.82, 2.24) is 0 Å². The lowest BCUT2D eigenvalue weighted by atomic mass is 9.72. The third kappa shape index (κ3) is 2.48. The van der Waals surface area contributed by atoms with Gasteiger partial charge < -0.3 is 14.5 Å². The molecule has 3 aromatic carbocycles. The van der Waals surface area contributed by atoms with Crippen LogP contribution in [0.15, 0.2) is 71.2 Å². The van der Waals surface area contributed by atoms with Crippen molar-refractivity contribution in [3.8, 4) is 0 Å². The van der Waals surface area contributed by atoms with Gasteiger partial charge in [0.15, 0.2) is 0 Å². The van der Waals surface area contributed by atoms with Gasteiger partial charge in [-0.05, 0) is 56.7 Å². The van der Waals surface area contributed by atoms with Crippen molar-refractivity contribution in [2.45, 2.75) is 12.8 Å². The van der Waals surface area contributed by atoms with Crippen molar-refractivity contribution in [2.24, 2.45) is 0 Å².